The molecule has 0 heterocycles. The van der Waals surface area contributed by atoms with E-state index in [2.05, 4.69) is 33.2 Å². The lowest BCUT2D eigenvalue weighted by Gasteiger charge is -2.26. The minimum absolute atomic E-state index is 0.255. The van der Waals surface area contributed by atoms with Crippen molar-refractivity contribution >= 4 is 0 Å². The summed E-state index contributed by atoms with van der Waals surface area (Å²) >= 11 is 0. The number of hydroxylamine groups is 1. The molecule has 0 amide bonds. The Morgan fingerprint density at radius 3 is 1.50 bits per heavy atom. The van der Waals surface area contributed by atoms with Crippen LogP contribution in [0.1, 0.15) is 41.5 Å². The fraction of sp³-hybridized carbons (Fsp3) is 1.00. The first-order valence-corrected chi connectivity index (χ1v) is 4.86. The van der Waals surface area contributed by atoms with E-state index in [1.54, 1.807) is 0 Å². The summed E-state index contributed by atoms with van der Waals surface area (Å²) in [5.41, 5.74) is 3.12. The van der Waals surface area contributed by atoms with Crippen LogP contribution in [0.15, 0.2) is 0 Å². The highest BCUT2D eigenvalue weighted by Crippen LogP contribution is 2.11. The van der Waals surface area contributed by atoms with Crippen molar-refractivity contribution in [1.82, 2.24) is 5.48 Å². The Balaban J connectivity index is 3.80. The van der Waals surface area contributed by atoms with Crippen LogP contribution >= 0.6 is 0 Å². The van der Waals surface area contributed by atoms with E-state index in [0.717, 1.165) is 0 Å². The molecule has 0 saturated carbocycles. The van der Waals surface area contributed by atoms with Gasteiger partial charge in [-0.25, -0.2) is 0 Å². The second-order valence-corrected chi connectivity index (χ2v) is 4.30. The Morgan fingerprint density at radius 1 is 0.833 bits per heavy atom. The van der Waals surface area contributed by atoms with Gasteiger partial charge in [-0.1, -0.05) is 27.7 Å². The van der Waals surface area contributed by atoms with Crippen molar-refractivity contribution in [3.63, 3.8) is 0 Å². The summed E-state index contributed by atoms with van der Waals surface area (Å²) in [6.07, 6.45) is 0.255. The molecule has 2 nitrogen and oxygen atoms in total. The molecule has 0 atom stereocenters. The van der Waals surface area contributed by atoms with Crippen LogP contribution in [0.2, 0.25) is 0 Å². The van der Waals surface area contributed by atoms with Crippen molar-refractivity contribution < 1.29 is 4.84 Å². The molecule has 0 fully saturated rings. The van der Waals surface area contributed by atoms with Crippen LogP contribution in [0.4, 0.5) is 0 Å². The first-order valence-electron chi connectivity index (χ1n) is 4.86. The number of nitrogens with one attached hydrogen (secondary N) is 1. The van der Waals surface area contributed by atoms with Gasteiger partial charge in [0.15, 0.2) is 0 Å². The zero-order chi connectivity index (χ0) is 9.72. The molecule has 0 spiro atoms. The molecule has 0 aromatic carbocycles. The van der Waals surface area contributed by atoms with Gasteiger partial charge in [0.1, 0.15) is 0 Å². The Kier molecular flexibility index (Phi) is 5.51. The molecule has 0 bridgehead atoms. The summed E-state index contributed by atoms with van der Waals surface area (Å²) in [6.45, 7) is 12.9. The van der Waals surface area contributed by atoms with Crippen LogP contribution in [0.5, 0.6) is 0 Å². The molecule has 74 valence electrons. The first kappa shape index (κ1) is 11.9. The lowest BCUT2D eigenvalue weighted by molar-refractivity contribution is -0.0444. The SMILES string of the molecule is CC(C)ONC(C(C)C)C(C)C. The predicted octanol–water partition coefficient (Wildman–Crippen LogP) is 2.60. The lowest BCUT2D eigenvalue weighted by Crippen LogP contribution is -2.39. The van der Waals surface area contributed by atoms with E-state index in [9.17, 15) is 0 Å². The first-order chi connectivity index (χ1) is 5.45. The van der Waals surface area contributed by atoms with Gasteiger partial charge in [-0.2, -0.15) is 5.48 Å². The van der Waals surface area contributed by atoms with Gasteiger partial charge in [0, 0.05) is 6.04 Å². The molecule has 0 unspecified atom stereocenters. The van der Waals surface area contributed by atoms with Gasteiger partial charge in [-0.3, -0.25) is 4.84 Å². The molecule has 0 aliphatic carbocycles. The van der Waals surface area contributed by atoms with Gasteiger partial charge >= 0.3 is 0 Å². The number of hydrogen-bond acceptors (Lipinski definition) is 2. The molecule has 0 rings (SSSR count). The minimum Gasteiger partial charge on any atom is -0.299 e. The summed E-state index contributed by atoms with van der Waals surface area (Å²) < 4.78 is 0. The third kappa shape index (κ3) is 4.73. The van der Waals surface area contributed by atoms with Crippen LogP contribution in [0, 0.1) is 11.8 Å². The van der Waals surface area contributed by atoms with Crippen molar-refractivity contribution in [2.75, 3.05) is 0 Å². The Morgan fingerprint density at radius 2 is 1.25 bits per heavy atom. The van der Waals surface area contributed by atoms with E-state index in [1.165, 1.54) is 0 Å². The monoisotopic (exact) mass is 173 g/mol. The zero-order valence-electron chi connectivity index (χ0n) is 9.22. The zero-order valence-corrected chi connectivity index (χ0v) is 9.22. The van der Waals surface area contributed by atoms with Crippen molar-refractivity contribution in [3.8, 4) is 0 Å². The third-order valence-electron chi connectivity index (χ3n) is 1.88. The fourth-order valence-corrected chi connectivity index (χ4v) is 1.26. The van der Waals surface area contributed by atoms with E-state index < -0.39 is 0 Å². The predicted molar refractivity (Wildman–Crippen MR) is 52.8 cm³/mol. The Labute approximate surface area is 76.6 Å². The normalized spacial score (nSPS) is 12.5. The summed E-state index contributed by atoms with van der Waals surface area (Å²) in [7, 11) is 0. The number of rotatable bonds is 5. The van der Waals surface area contributed by atoms with E-state index in [1.807, 2.05) is 13.8 Å². The van der Waals surface area contributed by atoms with Crippen molar-refractivity contribution in [3.05, 3.63) is 0 Å². The van der Waals surface area contributed by atoms with Gasteiger partial charge in [0.25, 0.3) is 0 Å². The summed E-state index contributed by atoms with van der Waals surface area (Å²) in [5.74, 6) is 1.23. The minimum atomic E-state index is 0.255. The molecule has 1 N–H and O–H groups in total. The van der Waals surface area contributed by atoms with E-state index >= 15 is 0 Å². The standard InChI is InChI=1S/C10H23NO/c1-7(2)10(8(3)4)11-12-9(5)6/h7-11H,1-6H3. The van der Waals surface area contributed by atoms with Gasteiger partial charge in [0.05, 0.1) is 6.10 Å². The maximum absolute atomic E-state index is 5.38. The van der Waals surface area contributed by atoms with E-state index in [-0.39, 0.29) is 6.10 Å². The Bertz CT molecular complexity index is 102. The summed E-state index contributed by atoms with van der Waals surface area (Å²) in [5, 5.41) is 0. The van der Waals surface area contributed by atoms with Crippen molar-refractivity contribution in [2.45, 2.75) is 53.7 Å². The van der Waals surface area contributed by atoms with Crippen LogP contribution in [0.3, 0.4) is 0 Å². The molecule has 0 radical (unpaired) electrons. The molecule has 2 heteroatoms. The van der Waals surface area contributed by atoms with Crippen molar-refractivity contribution in [2.24, 2.45) is 11.8 Å². The second-order valence-electron chi connectivity index (χ2n) is 4.30. The highest BCUT2D eigenvalue weighted by atomic mass is 16.7. The molecular weight excluding hydrogens is 150 g/mol. The average Bonchev–Trinajstić information content (AvgIpc) is 1.84. The van der Waals surface area contributed by atoms with Crippen molar-refractivity contribution in [1.29, 1.82) is 0 Å². The molecule has 12 heavy (non-hydrogen) atoms. The number of hydrogen-bond donors (Lipinski definition) is 1. The largest absolute Gasteiger partial charge is 0.299 e. The molecule has 0 aliphatic rings. The van der Waals surface area contributed by atoms with Crippen LogP contribution in [-0.2, 0) is 4.84 Å². The highest BCUT2D eigenvalue weighted by molar-refractivity contribution is 4.69. The van der Waals surface area contributed by atoms with Crippen LogP contribution in [0.25, 0.3) is 0 Å². The summed E-state index contributed by atoms with van der Waals surface area (Å²) in [6, 6.07) is 0.451. The Hall–Kier alpha value is -0.0800. The molecule has 0 aromatic heterocycles. The van der Waals surface area contributed by atoms with Gasteiger partial charge < -0.3 is 0 Å². The summed E-state index contributed by atoms with van der Waals surface area (Å²) in [4.78, 5) is 5.38. The highest BCUT2D eigenvalue weighted by Gasteiger charge is 2.17. The average molecular weight is 173 g/mol. The quantitative estimate of drug-likeness (QED) is 0.645. The topological polar surface area (TPSA) is 21.3 Å². The van der Waals surface area contributed by atoms with Gasteiger partial charge in [-0.05, 0) is 25.7 Å². The van der Waals surface area contributed by atoms with Crippen LogP contribution in [-0.4, -0.2) is 12.1 Å². The second kappa shape index (κ2) is 5.55. The molecular formula is C10H23NO. The van der Waals surface area contributed by atoms with E-state index in [0.29, 0.717) is 17.9 Å². The smallest absolute Gasteiger partial charge is 0.0734 e. The maximum Gasteiger partial charge on any atom is 0.0734 e. The lowest BCUT2D eigenvalue weighted by atomic mass is 9.94. The molecule has 0 aliphatic heterocycles. The maximum atomic E-state index is 5.38. The van der Waals surface area contributed by atoms with Crippen LogP contribution < -0.4 is 5.48 Å². The molecule has 0 aromatic rings. The third-order valence-corrected chi connectivity index (χ3v) is 1.88. The van der Waals surface area contributed by atoms with Gasteiger partial charge in [-0.15, -0.1) is 0 Å². The fourth-order valence-electron chi connectivity index (χ4n) is 1.26. The van der Waals surface area contributed by atoms with Gasteiger partial charge in [0.2, 0.25) is 0 Å². The molecule has 0 saturated heterocycles. The van der Waals surface area contributed by atoms with E-state index in [4.69, 9.17) is 4.84 Å².